The summed E-state index contributed by atoms with van der Waals surface area (Å²) < 4.78 is 35.6. The molecule has 2 atom stereocenters. The van der Waals surface area contributed by atoms with E-state index in [-0.39, 0.29) is 25.2 Å². The Kier molecular flexibility index (Phi) is 4.79. The van der Waals surface area contributed by atoms with Crippen molar-refractivity contribution in [3.63, 3.8) is 0 Å². The summed E-state index contributed by atoms with van der Waals surface area (Å²) in [6.07, 6.45) is 2.83. The zero-order valence-corrected chi connectivity index (χ0v) is 13.6. The molecule has 1 N–H and O–H groups in total. The second kappa shape index (κ2) is 6.10. The molecule has 1 saturated carbocycles. The Morgan fingerprint density at radius 1 is 1.33 bits per heavy atom. The minimum absolute atomic E-state index is 0.0933. The molecule has 0 aromatic carbocycles. The first-order chi connectivity index (χ1) is 9.69. The summed E-state index contributed by atoms with van der Waals surface area (Å²) in [4.78, 5) is 11.5. The lowest BCUT2D eigenvalue weighted by Crippen LogP contribution is -2.43. The summed E-state index contributed by atoms with van der Waals surface area (Å²) in [5.41, 5.74) is -0.568. The molecule has 1 aliphatic carbocycles. The number of hydrogen-bond acceptors (Lipinski definition) is 5. The number of carbonyl (C=O) groups is 1. The molecule has 2 fully saturated rings. The maximum Gasteiger partial charge on any atom is 0.407 e. The molecule has 1 aliphatic heterocycles. The monoisotopic (exact) mass is 320 g/mol. The number of hydrogen-bond donors (Lipinski definition) is 1. The van der Waals surface area contributed by atoms with Gasteiger partial charge in [-0.3, -0.25) is 4.18 Å². The van der Waals surface area contributed by atoms with E-state index in [9.17, 15) is 13.2 Å². The zero-order chi connectivity index (χ0) is 15.7. The van der Waals surface area contributed by atoms with Crippen LogP contribution in [0.1, 0.15) is 46.5 Å². The molecule has 0 radical (unpaired) electrons. The number of ether oxygens (including phenoxy) is 1. The maximum atomic E-state index is 12.0. The van der Waals surface area contributed by atoms with Crippen LogP contribution in [0.3, 0.4) is 0 Å². The van der Waals surface area contributed by atoms with E-state index in [1.165, 1.54) is 4.31 Å². The van der Waals surface area contributed by atoms with Crippen molar-refractivity contribution in [2.24, 2.45) is 0 Å². The highest BCUT2D eigenvalue weighted by atomic mass is 32.2. The highest BCUT2D eigenvalue weighted by Gasteiger charge is 2.46. The lowest BCUT2D eigenvalue weighted by Gasteiger charge is -2.27. The smallest absolute Gasteiger partial charge is 0.407 e. The number of rotatable bonds is 3. The predicted octanol–water partition coefficient (Wildman–Crippen LogP) is 1.40. The Morgan fingerprint density at radius 2 is 2.00 bits per heavy atom. The van der Waals surface area contributed by atoms with Gasteiger partial charge in [0.05, 0.1) is 12.1 Å². The summed E-state index contributed by atoms with van der Waals surface area (Å²) in [6, 6.07) is -0.0933. The molecule has 0 spiro atoms. The van der Waals surface area contributed by atoms with Gasteiger partial charge in [0.15, 0.2) is 0 Å². The molecule has 1 heterocycles. The van der Waals surface area contributed by atoms with Gasteiger partial charge < -0.3 is 10.1 Å². The molecule has 0 aromatic rings. The molecular weight excluding hydrogens is 296 g/mol. The second-order valence-corrected chi connectivity index (χ2v) is 8.00. The summed E-state index contributed by atoms with van der Waals surface area (Å²) in [7, 11) is -3.66. The van der Waals surface area contributed by atoms with Gasteiger partial charge in [-0.1, -0.05) is 12.8 Å². The van der Waals surface area contributed by atoms with E-state index in [2.05, 4.69) is 5.32 Å². The van der Waals surface area contributed by atoms with Gasteiger partial charge in [0.25, 0.3) is 0 Å². The van der Waals surface area contributed by atoms with E-state index in [1.54, 1.807) is 20.8 Å². The molecule has 2 unspecified atom stereocenters. The fourth-order valence-electron chi connectivity index (χ4n) is 2.76. The molecule has 21 heavy (non-hydrogen) atoms. The fourth-order valence-corrected chi connectivity index (χ4v) is 4.29. The van der Waals surface area contributed by atoms with E-state index in [0.29, 0.717) is 0 Å². The van der Waals surface area contributed by atoms with Gasteiger partial charge in [-0.15, -0.1) is 0 Å². The number of alkyl carbamates (subject to hydrolysis) is 1. The third-order valence-corrected chi connectivity index (χ3v) is 5.09. The Labute approximate surface area is 126 Å². The van der Waals surface area contributed by atoms with Crippen LogP contribution in [-0.2, 0) is 19.2 Å². The topological polar surface area (TPSA) is 84.9 Å². The quantitative estimate of drug-likeness (QED) is 0.849. The van der Waals surface area contributed by atoms with E-state index in [4.69, 9.17) is 8.92 Å². The lowest BCUT2D eigenvalue weighted by molar-refractivity contribution is 0.0523. The molecule has 2 rings (SSSR count). The number of carbonyl (C=O) groups excluding carboxylic acids is 1. The van der Waals surface area contributed by atoms with E-state index in [0.717, 1.165) is 25.7 Å². The molecule has 0 bridgehead atoms. The Hall–Kier alpha value is -0.860. The number of amides is 1. The third kappa shape index (κ3) is 4.31. The molecule has 0 aromatic heterocycles. The first-order valence-electron chi connectivity index (χ1n) is 7.36. The van der Waals surface area contributed by atoms with E-state index < -0.39 is 22.0 Å². The van der Waals surface area contributed by atoms with E-state index >= 15 is 0 Å². The van der Waals surface area contributed by atoms with Gasteiger partial charge in [0, 0.05) is 13.1 Å². The van der Waals surface area contributed by atoms with Crippen LogP contribution in [-0.4, -0.2) is 49.7 Å². The Morgan fingerprint density at radius 3 is 2.67 bits per heavy atom. The standard InChI is InChI=1S/C13H24N2O5S/c1-13(2,3)19-12(16)14-8-9-15-10-6-4-5-7-11(10)20-21(15,17)18/h10-11H,4-9H2,1-3H3,(H,14,16). The van der Waals surface area contributed by atoms with Crippen LogP contribution in [0.4, 0.5) is 4.79 Å². The number of nitrogens with one attached hydrogen (secondary N) is 1. The normalized spacial score (nSPS) is 28.9. The van der Waals surface area contributed by atoms with Gasteiger partial charge in [-0.2, -0.15) is 12.7 Å². The minimum atomic E-state index is -3.66. The zero-order valence-electron chi connectivity index (χ0n) is 12.8. The molecule has 2 aliphatic rings. The van der Waals surface area contributed by atoms with Crippen molar-refractivity contribution in [2.45, 2.75) is 64.2 Å². The SMILES string of the molecule is CC(C)(C)OC(=O)NCCN1C2CCCCC2OS1(=O)=O. The predicted molar refractivity (Wildman–Crippen MR) is 77.0 cm³/mol. The summed E-state index contributed by atoms with van der Waals surface area (Å²) in [6.45, 7) is 5.75. The van der Waals surface area contributed by atoms with Crippen LogP contribution in [0.25, 0.3) is 0 Å². The fraction of sp³-hybridized carbons (Fsp3) is 0.923. The molecule has 1 saturated heterocycles. The largest absolute Gasteiger partial charge is 0.444 e. The van der Waals surface area contributed by atoms with Crippen molar-refractivity contribution in [3.05, 3.63) is 0 Å². The van der Waals surface area contributed by atoms with Crippen molar-refractivity contribution in [2.75, 3.05) is 13.1 Å². The Bertz CT molecular complexity index is 485. The molecular formula is C13H24N2O5S. The van der Waals surface area contributed by atoms with E-state index in [1.807, 2.05) is 0 Å². The highest BCUT2D eigenvalue weighted by molar-refractivity contribution is 7.84. The second-order valence-electron chi connectivity index (χ2n) is 6.48. The first-order valence-corrected chi connectivity index (χ1v) is 8.72. The van der Waals surface area contributed by atoms with Gasteiger partial charge in [0.1, 0.15) is 5.60 Å². The lowest BCUT2D eigenvalue weighted by atomic mass is 9.93. The van der Waals surface area contributed by atoms with Crippen LogP contribution in [0.5, 0.6) is 0 Å². The third-order valence-electron chi connectivity index (χ3n) is 3.57. The maximum absolute atomic E-state index is 12.0. The molecule has 7 nitrogen and oxygen atoms in total. The highest BCUT2D eigenvalue weighted by Crippen LogP contribution is 2.34. The van der Waals surface area contributed by atoms with Crippen molar-refractivity contribution in [1.82, 2.24) is 9.62 Å². The number of nitrogens with zero attached hydrogens (tertiary/aromatic N) is 1. The number of fused-ring (bicyclic) bond motifs is 1. The van der Waals surface area contributed by atoms with Crippen LogP contribution >= 0.6 is 0 Å². The first kappa shape index (κ1) is 16.5. The van der Waals surface area contributed by atoms with Crippen LogP contribution in [0.15, 0.2) is 0 Å². The molecule has 8 heteroatoms. The average Bonchev–Trinajstić information content (AvgIpc) is 2.58. The van der Waals surface area contributed by atoms with Crippen molar-refractivity contribution in [1.29, 1.82) is 0 Å². The van der Waals surface area contributed by atoms with Gasteiger partial charge in [0.2, 0.25) is 0 Å². The Balaban J connectivity index is 1.86. The molecule has 1 amide bonds. The van der Waals surface area contributed by atoms with Gasteiger partial charge in [-0.25, -0.2) is 4.79 Å². The summed E-state index contributed by atoms with van der Waals surface area (Å²) in [5.74, 6) is 0. The van der Waals surface area contributed by atoms with Crippen LogP contribution < -0.4 is 5.32 Å². The average molecular weight is 320 g/mol. The summed E-state index contributed by atoms with van der Waals surface area (Å²) in [5, 5.41) is 2.58. The van der Waals surface area contributed by atoms with Gasteiger partial charge in [-0.05, 0) is 33.6 Å². The molecule has 122 valence electrons. The van der Waals surface area contributed by atoms with Crippen molar-refractivity contribution >= 4 is 16.4 Å². The van der Waals surface area contributed by atoms with Gasteiger partial charge >= 0.3 is 16.4 Å². The minimum Gasteiger partial charge on any atom is -0.444 e. The van der Waals surface area contributed by atoms with Crippen LogP contribution in [0, 0.1) is 0 Å². The van der Waals surface area contributed by atoms with Crippen molar-refractivity contribution < 1.29 is 22.1 Å². The van der Waals surface area contributed by atoms with Crippen molar-refractivity contribution in [3.8, 4) is 0 Å². The van der Waals surface area contributed by atoms with Crippen LogP contribution in [0.2, 0.25) is 0 Å². The summed E-state index contributed by atoms with van der Waals surface area (Å²) >= 11 is 0.